The van der Waals surface area contributed by atoms with Gasteiger partial charge < -0.3 is 9.73 Å². The summed E-state index contributed by atoms with van der Waals surface area (Å²) >= 11 is 0. The van der Waals surface area contributed by atoms with Crippen LogP contribution in [0.5, 0.6) is 0 Å². The van der Waals surface area contributed by atoms with Crippen molar-refractivity contribution in [3.63, 3.8) is 0 Å². The van der Waals surface area contributed by atoms with Gasteiger partial charge in [-0.25, -0.2) is 0 Å². The number of fused-ring (bicyclic) bond motifs is 1. The molecule has 126 valence electrons. The van der Waals surface area contributed by atoms with Crippen molar-refractivity contribution in [3.05, 3.63) is 24.3 Å². The molecule has 23 heavy (non-hydrogen) atoms. The number of aromatic nitrogens is 1. The Balaban J connectivity index is 1.53. The molecule has 1 aromatic carbocycles. The number of nitrogens with one attached hydrogen (secondary N) is 1. The van der Waals surface area contributed by atoms with Crippen LogP contribution in [0.2, 0.25) is 0 Å². The van der Waals surface area contributed by atoms with Crippen molar-refractivity contribution in [1.29, 1.82) is 0 Å². The summed E-state index contributed by atoms with van der Waals surface area (Å²) in [4.78, 5) is 4.38. The first-order valence-electron chi connectivity index (χ1n) is 7.74. The van der Waals surface area contributed by atoms with Gasteiger partial charge in [-0.1, -0.05) is 12.1 Å². The van der Waals surface area contributed by atoms with Crippen LogP contribution in [0.3, 0.4) is 0 Å². The third kappa shape index (κ3) is 3.49. The van der Waals surface area contributed by atoms with Crippen LogP contribution in [0.15, 0.2) is 28.7 Å². The van der Waals surface area contributed by atoms with E-state index in [1.54, 1.807) is 18.4 Å². The second-order valence-electron chi connectivity index (χ2n) is 6.00. The Morgan fingerprint density at radius 1 is 1.30 bits per heavy atom. The molecule has 0 bridgehead atoms. The lowest BCUT2D eigenvalue weighted by Gasteiger charge is -2.32. The van der Waals surface area contributed by atoms with Crippen molar-refractivity contribution >= 4 is 27.3 Å². The van der Waals surface area contributed by atoms with Crippen LogP contribution in [-0.2, 0) is 10.2 Å². The molecule has 0 atom stereocenters. The Hall–Kier alpha value is -1.64. The topological polar surface area (TPSA) is 78.7 Å². The zero-order chi connectivity index (χ0) is 16.4. The highest BCUT2D eigenvalue weighted by molar-refractivity contribution is 7.86. The zero-order valence-electron chi connectivity index (χ0n) is 13.4. The maximum atomic E-state index is 12.1. The van der Waals surface area contributed by atoms with E-state index in [0.29, 0.717) is 25.0 Å². The van der Waals surface area contributed by atoms with Crippen LogP contribution in [0.25, 0.3) is 11.1 Å². The lowest BCUT2D eigenvalue weighted by molar-refractivity contribution is 0.269. The molecule has 0 amide bonds. The van der Waals surface area contributed by atoms with Gasteiger partial charge in [0.15, 0.2) is 5.58 Å². The monoisotopic (exact) mass is 338 g/mol. The summed E-state index contributed by atoms with van der Waals surface area (Å²) in [5.41, 5.74) is 1.60. The highest BCUT2D eigenvalue weighted by atomic mass is 32.2. The summed E-state index contributed by atoms with van der Waals surface area (Å²) in [6.45, 7) is 1.85. The van der Waals surface area contributed by atoms with Crippen molar-refractivity contribution in [1.82, 2.24) is 13.6 Å². The molecule has 0 radical (unpaired) electrons. The van der Waals surface area contributed by atoms with Crippen LogP contribution >= 0.6 is 0 Å². The predicted molar refractivity (Wildman–Crippen MR) is 89.4 cm³/mol. The highest BCUT2D eigenvalue weighted by Gasteiger charge is 2.29. The molecule has 1 fully saturated rings. The molecule has 3 rings (SSSR count). The van der Waals surface area contributed by atoms with Crippen LogP contribution < -0.4 is 5.32 Å². The second-order valence-corrected chi connectivity index (χ2v) is 8.14. The first-order chi connectivity index (χ1) is 11.0. The summed E-state index contributed by atoms with van der Waals surface area (Å²) in [6, 6.07) is 8.16. The molecule has 0 spiro atoms. The van der Waals surface area contributed by atoms with E-state index in [4.69, 9.17) is 4.42 Å². The van der Waals surface area contributed by atoms with Gasteiger partial charge in [0, 0.05) is 33.7 Å². The number of nitrogens with zero attached hydrogens (tertiary/aromatic N) is 3. The van der Waals surface area contributed by atoms with E-state index in [9.17, 15) is 8.42 Å². The molecule has 0 unspecified atom stereocenters. The van der Waals surface area contributed by atoms with Gasteiger partial charge in [-0.3, -0.25) is 0 Å². The van der Waals surface area contributed by atoms with Gasteiger partial charge >= 0.3 is 0 Å². The molecule has 2 heterocycles. The molecule has 1 N–H and O–H groups in total. The first-order valence-corrected chi connectivity index (χ1v) is 9.13. The van der Waals surface area contributed by atoms with Crippen molar-refractivity contribution in [2.75, 3.05) is 39.0 Å². The van der Waals surface area contributed by atoms with Crippen molar-refractivity contribution < 1.29 is 12.8 Å². The number of rotatable bonds is 5. The maximum Gasteiger partial charge on any atom is 0.295 e. The van der Waals surface area contributed by atoms with E-state index in [0.717, 1.165) is 30.5 Å². The fourth-order valence-electron chi connectivity index (χ4n) is 2.75. The van der Waals surface area contributed by atoms with Gasteiger partial charge in [0.1, 0.15) is 5.52 Å². The van der Waals surface area contributed by atoms with E-state index >= 15 is 0 Å². The van der Waals surface area contributed by atoms with Gasteiger partial charge in [0.05, 0.1) is 0 Å². The number of oxazole rings is 1. The standard InChI is InChI=1S/C15H22N4O3S/c1-18(2)23(20,21)19-9-7-12(8-10-19)11-16-15-17-13-5-3-4-6-14(13)22-15/h3-6,12H,7-11H2,1-2H3,(H,16,17). The molecular formula is C15H22N4O3S. The largest absolute Gasteiger partial charge is 0.424 e. The van der Waals surface area contributed by atoms with Crippen molar-refractivity contribution in [3.8, 4) is 0 Å². The van der Waals surface area contributed by atoms with Crippen LogP contribution in [0, 0.1) is 5.92 Å². The van der Waals surface area contributed by atoms with E-state index in [2.05, 4.69) is 10.3 Å². The molecule has 2 aromatic rings. The van der Waals surface area contributed by atoms with Gasteiger partial charge in [0.25, 0.3) is 16.2 Å². The SMILES string of the molecule is CN(C)S(=O)(=O)N1CCC(CNc2nc3ccccc3o2)CC1. The van der Waals surface area contributed by atoms with Gasteiger partial charge in [-0.05, 0) is 30.9 Å². The lowest BCUT2D eigenvalue weighted by Crippen LogP contribution is -2.45. The van der Waals surface area contributed by atoms with Crippen molar-refractivity contribution in [2.24, 2.45) is 5.92 Å². The van der Waals surface area contributed by atoms with Crippen molar-refractivity contribution in [2.45, 2.75) is 12.8 Å². The number of hydrogen-bond acceptors (Lipinski definition) is 5. The molecule has 1 aliphatic rings. The molecule has 1 aromatic heterocycles. The summed E-state index contributed by atoms with van der Waals surface area (Å²) in [5.74, 6) is 0.415. The summed E-state index contributed by atoms with van der Waals surface area (Å²) in [7, 11) is -0.161. The Morgan fingerprint density at radius 3 is 2.65 bits per heavy atom. The number of hydrogen-bond donors (Lipinski definition) is 1. The maximum absolute atomic E-state index is 12.1. The minimum Gasteiger partial charge on any atom is -0.424 e. The van der Waals surface area contributed by atoms with Crippen LogP contribution in [0.1, 0.15) is 12.8 Å². The molecule has 1 aliphatic heterocycles. The van der Waals surface area contributed by atoms with Gasteiger partial charge in [0.2, 0.25) is 0 Å². The molecular weight excluding hydrogens is 316 g/mol. The highest BCUT2D eigenvalue weighted by Crippen LogP contribution is 2.22. The van der Waals surface area contributed by atoms with Gasteiger partial charge in [-0.15, -0.1) is 0 Å². The average molecular weight is 338 g/mol. The summed E-state index contributed by atoms with van der Waals surface area (Å²) in [5, 5.41) is 3.22. The minimum atomic E-state index is -3.29. The average Bonchev–Trinajstić information content (AvgIpc) is 2.96. The molecule has 0 aliphatic carbocycles. The predicted octanol–water partition coefficient (Wildman–Crippen LogP) is 1.76. The Bertz CT molecular complexity index is 731. The second kappa shape index (κ2) is 6.46. The summed E-state index contributed by atoms with van der Waals surface area (Å²) < 4.78 is 32.6. The van der Waals surface area contributed by atoms with Crippen LogP contribution in [0.4, 0.5) is 6.01 Å². The summed E-state index contributed by atoms with van der Waals surface area (Å²) in [6.07, 6.45) is 1.67. The number of para-hydroxylation sites is 2. The Kier molecular flexibility index (Phi) is 4.56. The van der Waals surface area contributed by atoms with Crippen LogP contribution in [-0.4, -0.2) is 55.7 Å². The molecule has 7 nitrogen and oxygen atoms in total. The minimum absolute atomic E-state index is 0.415. The van der Waals surface area contributed by atoms with E-state index in [1.807, 2.05) is 24.3 Å². The zero-order valence-corrected chi connectivity index (χ0v) is 14.2. The Labute approximate surface area is 136 Å². The van der Waals surface area contributed by atoms with E-state index in [1.165, 1.54) is 4.31 Å². The number of anilines is 1. The third-order valence-corrected chi connectivity index (χ3v) is 6.14. The smallest absolute Gasteiger partial charge is 0.295 e. The third-order valence-electron chi connectivity index (χ3n) is 4.20. The van der Waals surface area contributed by atoms with E-state index < -0.39 is 10.2 Å². The number of piperidine rings is 1. The van der Waals surface area contributed by atoms with Gasteiger partial charge in [-0.2, -0.15) is 22.0 Å². The molecule has 0 saturated carbocycles. The first kappa shape index (κ1) is 16.2. The molecule has 1 saturated heterocycles. The van der Waals surface area contributed by atoms with E-state index in [-0.39, 0.29) is 0 Å². The Morgan fingerprint density at radius 2 is 2.00 bits per heavy atom. The fourth-order valence-corrected chi connectivity index (χ4v) is 3.89. The lowest BCUT2D eigenvalue weighted by atomic mass is 9.98. The normalized spacial score (nSPS) is 17.9. The molecule has 8 heteroatoms. The fraction of sp³-hybridized carbons (Fsp3) is 0.533. The quantitative estimate of drug-likeness (QED) is 0.899. The number of benzene rings is 1.